The van der Waals surface area contributed by atoms with E-state index in [-0.39, 0.29) is 17.9 Å². The Morgan fingerprint density at radius 3 is 2.64 bits per heavy atom. The van der Waals surface area contributed by atoms with Crippen LogP contribution in [0.1, 0.15) is 25.0 Å². The highest BCUT2D eigenvalue weighted by Gasteiger charge is 2.41. The molecule has 1 N–H and O–H groups in total. The standard InChI is InChI=1S/C9H11NO4/c11-6-9(4-1-5-9)7-2-3-8(14-7)10(12)13/h2-3,11H,1,4-6H2. The van der Waals surface area contributed by atoms with E-state index in [1.54, 1.807) is 6.07 Å². The van der Waals surface area contributed by atoms with E-state index in [2.05, 4.69) is 0 Å². The zero-order chi connectivity index (χ0) is 10.2. The lowest BCUT2D eigenvalue weighted by Crippen LogP contribution is -2.37. The van der Waals surface area contributed by atoms with Crippen LogP contribution in [0.15, 0.2) is 16.5 Å². The van der Waals surface area contributed by atoms with Crippen LogP contribution in [-0.4, -0.2) is 16.6 Å². The molecule has 0 radical (unpaired) electrons. The first-order chi connectivity index (χ1) is 6.68. The fraction of sp³-hybridized carbons (Fsp3) is 0.556. The molecule has 1 aromatic rings. The van der Waals surface area contributed by atoms with E-state index in [0.717, 1.165) is 19.3 Å². The number of nitrogens with zero attached hydrogens (tertiary/aromatic N) is 1. The predicted molar refractivity (Wildman–Crippen MR) is 48.0 cm³/mol. The van der Waals surface area contributed by atoms with Crippen LogP contribution in [0.3, 0.4) is 0 Å². The molecule has 0 aromatic carbocycles. The summed E-state index contributed by atoms with van der Waals surface area (Å²) in [6.45, 7) is -0.00231. The van der Waals surface area contributed by atoms with Gasteiger partial charge >= 0.3 is 5.88 Å². The Morgan fingerprint density at radius 2 is 2.29 bits per heavy atom. The van der Waals surface area contributed by atoms with Crippen LogP contribution < -0.4 is 0 Å². The van der Waals surface area contributed by atoms with Crippen molar-refractivity contribution in [3.05, 3.63) is 28.0 Å². The highest BCUT2D eigenvalue weighted by Crippen LogP contribution is 2.44. The number of aliphatic hydroxyl groups excluding tert-OH is 1. The van der Waals surface area contributed by atoms with Crippen LogP contribution in [0.5, 0.6) is 0 Å². The van der Waals surface area contributed by atoms with Crippen molar-refractivity contribution in [2.75, 3.05) is 6.61 Å². The SMILES string of the molecule is O=[N+]([O-])c1ccc(C2(CO)CCC2)o1. The van der Waals surface area contributed by atoms with Gasteiger partial charge in [0.1, 0.15) is 10.7 Å². The van der Waals surface area contributed by atoms with Crippen LogP contribution in [0, 0.1) is 10.1 Å². The topological polar surface area (TPSA) is 76.5 Å². The van der Waals surface area contributed by atoms with Crippen LogP contribution in [-0.2, 0) is 5.41 Å². The van der Waals surface area contributed by atoms with Gasteiger partial charge in [-0.1, -0.05) is 6.42 Å². The summed E-state index contributed by atoms with van der Waals surface area (Å²) in [6, 6.07) is 2.93. The second kappa shape index (κ2) is 3.09. The van der Waals surface area contributed by atoms with Crippen molar-refractivity contribution >= 4 is 5.88 Å². The summed E-state index contributed by atoms with van der Waals surface area (Å²) in [7, 11) is 0. The molecule has 0 spiro atoms. The van der Waals surface area contributed by atoms with Crippen molar-refractivity contribution in [3.63, 3.8) is 0 Å². The fourth-order valence-corrected chi connectivity index (χ4v) is 1.80. The highest BCUT2D eigenvalue weighted by atomic mass is 16.6. The lowest BCUT2D eigenvalue weighted by atomic mass is 9.68. The van der Waals surface area contributed by atoms with Crippen LogP contribution in [0.2, 0.25) is 0 Å². The molecule has 0 bridgehead atoms. The molecule has 2 rings (SSSR count). The second-order valence-corrected chi connectivity index (χ2v) is 3.69. The third-order valence-corrected chi connectivity index (χ3v) is 2.91. The van der Waals surface area contributed by atoms with Gasteiger partial charge in [-0.15, -0.1) is 0 Å². The predicted octanol–water partition coefficient (Wildman–Crippen LogP) is 1.60. The summed E-state index contributed by atoms with van der Waals surface area (Å²) in [6.07, 6.45) is 2.72. The molecule has 0 unspecified atom stereocenters. The van der Waals surface area contributed by atoms with Gasteiger partial charge in [0, 0.05) is 0 Å². The van der Waals surface area contributed by atoms with E-state index < -0.39 is 4.92 Å². The average Bonchev–Trinajstić information content (AvgIpc) is 2.52. The van der Waals surface area contributed by atoms with Gasteiger partial charge in [-0.2, -0.15) is 0 Å². The summed E-state index contributed by atoms with van der Waals surface area (Å²) < 4.78 is 5.08. The van der Waals surface area contributed by atoms with E-state index >= 15 is 0 Å². The summed E-state index contributed by atoms with van der Waals surface area (Å²) >= 11 is 0. The number of aliphatic hydroxyl groups is 1. The minimum atomic E-state index is -0.562. The molecule has 1 saturated carbocycles. The summed E-state index contributed by atoms with van der Waals surface area (Å²) in [4.78, 5) is 9.82. The molecular weight excluding hydrogens is 186 g/mol. The monoisotopic (exact) mass is 197 g/mol. The highest BCUT2D eigenvalue weighted by molar-refractivity contribution is 5.25. The molecule has 1 heterocycles. The first-order valence-electron chi connectivity index (χ1n) is 4.53. The van der Waals surface area contributed by atoms with E-state index in [9.17, 15) is 15.2 Å². The first-order valence-corrected chi connectivity index (χ1v) is 4.53. The molecule has 1 fully saturated rings. The van der Waals surface area contributed by atoms with Crippen LogP contribution >= 0.6 is 0 Å². The minimum Gasteiger partial charge on any atom is -0.405 e. The second-order valence-electron chi connectivity index (χ2n) is 3.69. The maximum atomic E-state index is 10.4. The zero-order valence-corrected chi connectivity index (χ0v) is 7.60. The van der Waals surface area contributed by atoms with E-state index in [4.69, 9.17) is 4.42 Å². The Kier molecular flexibility index (Phi) is 2.03. The van der Waals surface area contributed by atoms with Gasteiger partial charge in [0.25, 0.3) is 0 Å². The molecule has 1 aromatic heterocycles. The molecule has 1 aliphatic carbocycles. The average molecular weight is 197 g/mol. The number of furan rings is 1. The largest absolute Gasteiger partial charge is 0.433 e. The lowest BCUT2D eigenvalue weighted by molar-refractivity contribution is -0.402. The Hall–Kier alpha value is -1.36. The third kappa shape index (κ3) is 1.21. The smallest absolute Gasteiger partial charge is 0.405 e. The van der Waals surface area contributed by atoms with Gasteiger partial charge in [0.15, 0.2) is 0 Å². The zero-order valence-electron chi connectivity index (χ0n) is 7.60. The first kappa shape index (κ1) is 9.21. The molecule has 14 heavy (non-hydrogen) atoms. The molecule has 5 nitrogen and oxygen atoms in total. The van der Waals surface area contributed by atoms with Gasteiger partial charge in [-0.25, -0.2) is 0 Å². The van der Waals surface area contributed by atoms with Crippen LogP contribution in [0.4, 0.5) is 5.88 Å². The van der Waals surface area contributed by atoms with Crippen molar-refractivity contribution in [1.82, 2.24) is 0 Å². The fourth-order valence-electron chi connectivity index (χ4n) is 1.80. The molecule has 0 amide bonds. The molecular formula is C9H11NO4. The molecule has 76 valence electrons. The summed E-state index contributed by atoms with van der Waals surface area (Å²) in [5.74, 6) is 0.290. The minimum absolute atomic E-state index is 0.00231. The van der Waals surface area contributed by atoms with Crippen molar-refractivity contribution < 1.29 is 14.4 Å². The van der Waals surface area contributed by atoms with E-state index in [0.29, 0.717) is 5.76 Å². The molecule has 0 aliphatic heterocycles. The maximum Gasteiger partial charge on any atom is 0.433 e. The van der Waals surface area contributed by atoms with E-state index in [1.165, 1.54) is 6.07 Å². The van der Waals surface area contributed by atoms with Crippen molar-refractivity contribution in [2.24, 2.45) is 0 Å². The van der Waals surface area contributed by atoms with Gasteiger partial charge in [-0.3, -0.25) is 10.1 Å². The number of hydrogen-bond acceptors (Lipinski definition) is 4. The van der Waals surface area contributed by atoms with Crippen LogP contribution in [0.25, 0.3) is 0 Å². The maximum absolute atomic E-state index is 10.4. The Balaban J connectivity index is 2.27. The molecule has 1 aliphatic rings. The van der Waals surface area contributed by atoms with Gasteiger partial charge in [0.05, 0.1) is 18.1 Å². The lowest BCUT2D eigenvalue weighted by Gasteiger charge is -2.37. The Morgan fingerprint density at radius 1 is 1.57 bits per heavy atom. The number of nitro groups is 1. The van der Waals surface area contributed by atoms with Gasteiger partial charge < -0.3 is 9.52 Å². The molecule has 0 atom stereocenters. The number of hydrogen-bond donors (Lipinski definition) is 1. The summed E-state index contributed by atoms with van der Waals surface area (Å²) in [5.41, 5.74) is -0.353. The van der Waals surface area contributed by atoms with Gasteiger partial charge in [0.2, 0.25) is 0 Å². The number of rotatable bonds is 3. The van der Waals surface area contributed by atoms with E-state index in [1.807, 2.05) is 0 Å². The summed E-state index contributed by atoms with van der Waals surface area (Å²) in [5, 5.41) is 19.6. The quantitative estimate of drug-likeness (QED) is 0.589. The molecule has 0 saturated heterocycles. The Bertz CT molecular complexity index is 348. The normalized spacial score (nSPS) is 18.9. The molecule has 5 heteroatoms. The Labute approximate surface area is 80.5 Å². The third-order valence-electron chi connectivity index (χ3n) is 2.91. The van der Waals surface area contributed by atoms with Crippen molar-refractivity contribution in [3.8, 4) is 0 Å². The van der Waals surface area contributed by atoms with Gasteiger partial charge in [-0.05, 0) is 18.9 Å². The van der Waals surface area contributed by atoms with Crippen molar-refractivity contribution in [1.29, 1.82) is 0 Å². The van der Waals surface area contributed by atoms with Crippen molar-refractivity contribution in [2.45, 2.75) is 24.7 Å².